The summed E-state index contributed by atoms with van der Waals surface area (Å²) in [7, 11) is 0. The Morgan fingerprint density at radius 1 is 1.29 bits per heavy atom. The number of aromatic nitrogens is 3. The first-order chi connectivity index (χ1) is 8.22. The fraction of sp³-hybridized carbons (Fsp3) is 0.250. The van der Waals surface area contributed by atoms with Crippen LogP contribution < -0.4 is 10.5 Å². The third-order valence-corrected chi connectivity index (χ3v) is 2.42. The number of anilines is 1. The summed E-state index contributed by atoms with van der Waals surface area (Å²) in [6.07, 6.45) is 4.86. The van der Waals surface area contributed by atoms with Crippen molar-refractivity contribution in [1.82, 2.24) is 15.0 Å². The Balaban J connectivity index is 2.45. The van der Waals surface area contributed by atoms with E-state index >= 15 is 0 Å². The van der Waals surface area contributed by atoms with Gasteiger partial charge < -0.3 is 10.5 Å². The molecule has 0 aliphatic heterocycles. The lowest BCUT2D eigenvalue weighted by Gasteiger charge is -2.08. The van der Waals surface area contributed by atoms with E-state index in [1.165, 1.54) is 6.33 Å². The van der Waals surface area contributed by atoms with Gasteiger partial charge in [-0.05, 0) is 19.9 Å². The smallest absolute Gasteiger partial charge is 0.138 e. The van der Waals surface area contributed by atoms with E-state index in [0.29, 0.717) is 12.4 Å². The maximum atomic E-state index is 5.75. The predicted molar refractivity (Wildman–Crippen MR) is 65.6 cm³/mol. The van der Waals surface area contributed by atoms with Crippen LogP contribution in [0.2, 0.25) is 0 Å². The van der Waals surface area contributed by atoms with Gasteiger partial charge in [-0.2, -0.15) is 0 Å². The Hall–Kier alpha value is -2.17. The van der Waals surface area contributed by atoms with Crippen molar-refractivity contribution in [1.29, 1.82) is 0 Å². The van der Waals surface area contributed by atoms with Crippen molar-refractivity contribution in [2.75, 3.05) is 12.3 Å². The quantitative estimate of drug-likeness (QED) is 0.870. The molecule has 2 aromatic heterocycles. The van der Waals surface area contributed by atoms with Crippen molar-refractivity contribution in [2.45, 2.75) is 13.8 Å². The molecule has 5 heteroatoms. The number of ether oxygens (including phenoxy) is 1. The van der Waals surface area contributed by atoms with E-state index < -0.39 is 0 Å². The lowest BCUT2D eigenvalue weighted by atomic mass is 10.1. The highest BCUT2D eigenvalue weighted by atomic mass is 16.5. The number of rotatable bonds is 3. The number of hydrogen-bond donors (Lipinski definition) is 1. The highest BCUT2D eigenvalue weighted by Crippen LogP contribution is 2.25. The first kappa shape index (κ1) is 11.3. The molecule has 0 saturated carbocycles. The van der Waals surface area contributed by atoms with Gasteiger partial charge in [-0.1, -0.05) is 0 Å². The minimum atomic E-state index is 0.483. The van der Waals surface area contributed by atoms with Crippen LogP contribution in [0.3, 0.4) is 0 Å². The van der Waals surface area contributed by atoms with Gasteiger partial charge in [0, 0.05) is 17.3 Å². The number of nitrogens with two attached hydrogens (primary N) is 1. The molecule has 17 heavy (non-hydrogen) atoms. The molecule has 0 spiro atoms. The van der Waals surface area contributed by atoms with Gasteiger partial charge in [0.2, 0.25) is 0 Å². The van der Waals surface area contributed by atoms with Crippen molar-refractivity contribution in [3.63, 3.8) is 0 Å². The molecule has 0 atom stereocenters. The van der Waals surface area contributed by atoms with Crippen LogP contribution in [-0.4, -0.2) is 21.6 Å². The van der Waals surface area contributed by atoms with Crippen molar-refractivity contribution in [2.24, 2.45) is 0 Å². The van der Waals surface area contributed by atoms with E-state index in [-0.39, 0.29) is 0 Å². The Bertz CT molecular complexity index is 528. The molecule has 0 unspecified atom stereocenters. The number of hydrogen-bond acceptors (Lipinski definition) is 5. The largest absolute Gasteiger partial charge is 0.492 e. The van der Waals surface area contributed by atoms with Crippen LogP contribution in [0, 0.1) is 6.92 Å². The standard InChI is InChI=1S/C12H14N4O/c1-3-17-10-4-9(5-14-6-10)11-8(2)12(13)16-7-15-11/h4-7H,3H2,1-2H3,(H2,13,15,16). The summed E-state index contributed by atoms with van der Waals surface area (Å²) in [5, 5.41) is 0. The van der Waals surface area contributed by atoms with Gasteiger partial charge in [0.25, 0.3) is 0 Å². The van der Waals surface area contributed by atoms with Gasteiger partial charge in [-0.15, -0.1) is 0 Å². The molecule has 0 fully saturated rings. The van der Waals surface area contributed by atoms with Gasteiger partial charge in [0.1, 0.15) is 17.9 Å². The molecule has 0 saturated heterocycles. The Morgan fingerprint density at radius 2 is 2.12 bits per heavy atom. The first-order valence-electron chi connectivity index (χ1n) is 5.37. The molecule has 0 aliphatic carbocycles. The lowest BCUT2D eigenvalue weighted by Crippen LogP contribution is -1.99. The maximum absolute atomic E-state index is 5.75. The summed E-state index contributed by atoms with van der Waals surface area (Å²) in [4.78, 5) is 12.3. The second-order valence-electron chi connectivity index (χ2n) is 3.57. The second kappa shape index (κ2) is 4.78. The molecule has 0 aromatic carbocycles. The fourth-order valence-corrected chi connectivity index (χ4v) is 1.55. The summed E-state index contributed by atoms with van der Waals surface area (Å²) in [6, 6.07) is 1.89. The molecule has 5 nitrogen and oxygen atoms in total. The summed E-state index contributed by atoms with van der Waals surface area (Å²) in [5.41, 5.74) is 8.26. The first-order valence-corrected chi connectivity index (χ1v) is 5.37. The molecule has 88 valence electrons. The van der Waals surface area contributed by atoms with Crippen molar-refractivity contribution in [3.05, 3.63) is 30.4 Å². The molecule has 0 amide bonds. The molecule has 2 aromatic rings. The van der Waals surface area contributed by atoms with Crippen LogP contribution in [0.1, 0.15) is 12.5 Å². The molecular weight excluding hydrogens is 216 g/mol. The van der Waals surface area contributed by atoms with Crippen LogP contribution in [0.4, 0.5) is 5.82 Å². The number of pyridine rings is 1. The Morgan fingerprint density at radius 3 is 2.88 bits per heavy atom. The summed E-state index contributed by atoms with van der Waals surface area (Å²) in [6.45, 7) is 4.43. The summed E-state index contributed by atoms with van der Waals surface area (Å²) in [5.74, 6) is 1.21. The monoisotopic (exact) mass is 230 g/mol. The van der Waals surface area contributed by atoms with Gasteiger partial charge in [0.15, 0.2) is 0 Å². The SMILES string of the molecule is CCOc1cncc(-c2ncnc(N)c2C)c1. The predicted octanol–water partition coefficient (Wildman–Crippen LogP) is 1.83. The van der Waals surface area contributed by atoms with E-state index in [9.17, 15) is 0 Å². The number of nitrogens with zero attached hydrogens (tertiary/aromatic N) is 3. The third kappa shape index (κ3) is 2.33. The zero-order valence-electron chi connectivity index (χ0n) is 9.84. The average Bonchev–Trinajstić information content (AvgIpc) is 2.33. The minimum Gasteiger partial charge on any atom is -0.492 e. The van der Waals surface area contributed by atoms with Crippen molar-refractivity contribution in [3.8, 4) is 17.0 Å². The van der Waals surface area contributed by atoms with Crippen LogP contribution in [0.5, 0.6) is 5.75 Å². The van der Waals surface area contributed by atoms with Crippen molar-refractivity contribution >= 4 is 5.82 Å². The van der Waals surface area contributed by atoms with Crippen LogP contribution in [0.15, 0.2) is 24.8 Å². The van der Waals surface area contributed by atoms with E-state index in [2.05, 4.69) is 15.0 Å². The topological polar surface area (TPSA) is 73.9 Å². The van der Waals surface area contributed by atoms with E-state index in [1.807, 2.05) is 19.9 Å². The highest BCUT2D eigenvalue weighted by Gasteiger charge is 2.08. The summed E-state index contributed by atoms with van der Waals surface area (Å²) >= 11 is 0. The van der Waals surface area contributed by atoms with Gasteiger partial charge in [0.05, 0.1) is 18.5 Å². The Kier molecular flexibility index (Phi) is 3.18. The molecule has 2 heterocycles. The molecular formula is C12H14N4O. The normalized spacial score (nSPS) is 10.2. The van der Waals surface area contributed by atoms with Crippen molar-refractivity contribution < 1.29 is 4.74 Å². The lowest BCUT2D eigenvalue weighted by molar-refractivity contribution is 0.339. The van der Waals surface area contributed by atoms with Crippen LogP contribution in [0.25, 0.3) is 11.3 Å². The average molecular weight is 230 g/mol. The maximum Gasteiger partial charge on any atom is 0.138 e. The minimum absolute atomic E-state index is 0.483. The molecule has 0 bridgehead atoms. The zero-order valence-corrected chi connectivity index (χ0v) is 9.84. The second-order valence-corrected chi connectivity index (χ2v) is 3.57. The summed E-state index contributed by atoms with van der Waals surface area (Å²) < 4.78 is 5.40. The number of nitrogen functional groups attached to an aromatic ring is 1. The van der Waals surface area contributed by atoms with E-state index in [4.69, 9.17) is 10.5 Å². The highest BCUT2D eigenvalue weighted by molar-refractivity contribution is 5.67. The Labute approximate surface area is 99.7 Å². The van der Waals surface area contributed by atoms with Crippen LogP contribution in [-0.2, 0) is 0 Å². The zero-order chi connectivity index (χ0) is 12.3. The van der Waals surface area contributed by atoms with Crippen LogP contribution >= 0.6 is 0 Å². The molecule has 2 N–H and O–H groups in total. The molecule has 0 aliphatic rings. The van der Waals surface area contributed by atoms with Gasteiger partial charge in [-0.25, -0.2) is 9.97 Å². The van der Waals surface area contributed by atoms with Gasteiger partial charge >= 0.3 is 0 Å². The van der Waals surface area contributed by atoms with E-state index in [0.717, 1.165) is 22.6 Å². The van der Waals surface area contributed by atoms with Gasteiger partial charge in [-0.3, -0.25) is 4.98 Å². The molecule has 0 radical (unpaired) electrons. The third-order valence-electron chi connectivity index (χ3n) is 2.42. The molecule has 2 rings (SSSR count). The fourth-order valence-electron chi connectivity index (χ4n) is 1.55. The van der Waals surface area contributed by atoms with E-state index in [1.54, 1.807) is 12.4 Å².